The van der Waals surface area contributed by atoms with Crippen LogP contribution in [-0.2, 0) is 0 Å². The van der Waals surface area contributed by atoms with E-state index in [-0.39, 0.29) is 5.69 Å². The van der Waals surface area contributed by atoms with E-state index in [0.29, 0.717) is 22.8 Å². The van der Waals surface area contributed by atoms with E-state index in [4.69, 9.17) is 11.5 Å². The van der Waals surface area contributed by atoms with Gasteiger partial charge in [0.1, 0.15) is 11.5 Å². The molecule has 5 nitrogen and oxygen atoms in total. The van der Waals surface area contributed by atoms with Crippen molar-refractivity contribution in [2.24, 2.45) is 5.73 Å². The van der Waals surface area contributed by atoms with Crippen LogP contribution in [-0.4, -0.2) is 28.4 Å². The Morgan fingerprint density at radius 1 is 1.47 bits per heavy atom. The van der Waals surface area contributed by atoms with Crippen LogP contribution in [0, 0.1) is 0 Å². The molecule has 1 amide bonds. The second-order valence-electron chi connectivity index (χ2n) is 4.86. The number of carbonyl (C=O) groups excluding carboxylic acids is 1. The Labute approximate surface area is 117 Å². The average Bonchev–Trinajstić information content (AvgIpc) is 2.41. The van der Waals surface area contributed by atoms with Gasteiger partial charge in [-0.1, -0.05) is 6.42 Å². The smallest absolute Gasteiger partial charge is 0.267 e. The minimum Gasteiger partial charge on any atom is -0.396 e. The van der Waals surface area contributed by atoms with Gasteiger partial charge in [-0.3, -0.25) is 4.79 Å². The first-order chi connectivity index (χ1) is 9.10. The van der Waals surface area contributed by atoms with Crippen molar-refractivity contribution in [2.75, 3.05) is 17.3 Å². The molecule has 0 aromatic carbocycles. The Balaban J connectivity index is 2.09. The molecule has 5 N–H and O–H groups in total. The molecule has 0 bridgehead atoms. The van der Waals surface area contributed by atoms with Crippen LogP contribution in [0.15, 0.2) is 12.1 Å². The van der Waals surface area contributed by atoms with E-state index in [9.17, 15) is 4.79 Å². The summed E-state index contributed by atoms with van der Waals surface area (Å²) in [4.78, 5) is 15.3. The third-order valence-corrected chi connectivity index (χ3v) is 4.57. The van der Waals surface area contributed by atoms with E-state index in [1.807, 2.05) is 11.8 Å². The highest BCUT2D eigenvalue weighted by atomic mass is 32.2. The number of thioether (sulfide) groups is 1. The maximum Gasteiger partial charge on any atom is 0.267 e. The predicted molar refractivity (Wildman–Crippen MR) is 80.3 cm³/mol. The molecule has 1 saturated carbocycles. The minimum absolute atomic E-state index is 0.244. The van der Waals surface area contributed by atoms with E-state index >= 15 is 0 Å². The molecule has 104 valence electrons. The lowest BCUT2D eigenvalue weighted by Gasteiger charge is -2.29. The fourth-order valence-corrected chi connectivity index (χ4v) is 3.23. The van der Waals surface area contributed by atoms with Gasteiger partial charge < -0.3 is 16.8 Å². The van der Waals surface area contributed by atoms with E-state index in [0.717, 1.165) is 12.8 Å². The van der Waals surface area contributed by atoms with Crippen LogP contribution in [0.5, 0.6) is 0 Å². The standard InChI is InChI=1S/C13H20N4OS/c1-19-9-4-2-3-8(7-9)16-13-10(14)5-6-11(17-13)12(15)18/h5-6,8-9H,2-4,7,14H2,1H3,(H2,15,18)(H,16,17). The fraction of sp³-hybridized carbons (Fsp3) is 0.538. The lowest BCUT2D eigenvalue weighted by molar-refractivity contribution is 0.0995. The number of hydrogen-bond acceptors (Lipinski definition) is 5. The Bertz CT molecular complexity index is 466. The number of aromatic nitrogens is 1. The molecule has 19 heavy (non-hydrogen) atoms. The number of nitrogen functional groups attached to an aromatic ring is 1. The monoisotopic (exact) mass is 280 g/mol. The van der Waals surface area contributed by atoms with Gasteiger partial charge in [0.25, 0.3) is 5.91 Å². The number of nitrogens with one attached hydrogen (secondary N) is 1. The van der Waals surface area contributed by atoms with Crippen LogP contribution >= 0.6 is 11.8 Å². The first-order valence-corrected chi connectivity index (χ1v) is 7.74. The van der Waals surface area contributed by atoms with Crippen molar-refractivity contribution in [3.05, 3.63) is 17.8 Å². The summed E-state index contributed by atoms with van der Waals surface area (Å²) in [7, 11) is 0. The fourth-order valence-electron chi connectivity index (χ4n) is 2.41. The first kappa shape index (κ1) is 14.0. The maximum absolute atomic E-state index is 11.1. The van der Waals surface area contributed by atoms with Gasteiger partial charge in [0.05, 0.1) is 5.69 Å². The molecule has 1 aromatic heterocycles. The van der Waals surface area contributed by atoms with Crippen LogP contribution < -0.4 is 16.8 Å². The number of primary amides is 1. The summed E-state index contributed by atoms with van der Waals surface area (Å²) in [5, 5.41) is 4.04. The molecule has 2 rings (SSSR count). The van der Waals surface area contributed by atoms with Gasteiger partial charge in [0.2, 0.25) is 0 Å². The number of amides is 1. The molecule has 0 saturated heterocycles. The summed E-state index contributed by atoms with van der Waals surface area (Å²) in [6, 6.07) is 3.59. The van der Waals surface area contributed by atoms with Gasteiger partial charge in [0.15, 0.2) is 0 Å². The van der Waals surface area contributed by atoms with Crippen molar-refractivity contribution in [3.8, 4) is 0 Å². The Hall–Kier alpha value is -1.43. The number of carbonyl (C=O) groups is 1. The molecule has 1 heterocycles. The second-order valence-corrected chi connectivity index (χ2v) is 6.00. The van der Waals surface area contributed by atoms with E-state index in [1.54, 1.807) is 12.1 Å². The average molecular weight is 280 g/mol. The summed E-state index contributed by atoms with van der Waals surface area (Å²) in [6.45, 7) is 0. The number of pyridine rings is 1. The molecule has 2 unspecified atom stereocenters. The zero-order chi connectivity index (χ0) is 13.8. The van der Waals surface area contributed by atoms with Gasteiger partial charge in [-0.15, -0.1) is 0 Å². The Kier molecular flexibility index (Phi) is 4.52. The quantitative estimate of drug-likeness (QED) is 0.782. The van der Waals surface area contributed by atoms with Gasteiger partial charge in [-0.25, -0.2) is 4.98 Å². The summed E-state index contributed by atoms with van der Waals surface area (Å²) >= 11 is 1.91. The van der Waals surface area contributed by atoms with Crippen molar-refractivity contribution < 1.29 is 4.79 Å². The van der Waals surface area contributed by atoms with Crippen molar-refractivity contribution in [1.82, 2.24) is 4.98 Å². The highest BCUT2D eigenvalue weighted by Crippen LogP contribution is 2.29. The highest BCUT2D eigenvalue weighted by Gasteiger charge is 2.22. The van der Waals surface area contributed by atoms with Crippen molar-refractivity contribution in [2.45, 2.75) is 37.0 Å². The number of rotatable bonds is 4. The van der Waals surface area contributed by atoms with Crippen LogP contribution in [0.4, 0.5) is 11.5 Å². The lowest BCUT2D eigenvalue weighted by atomic mass is 9.95. The third kappa shape index (κ3) is 3.53. The molecule has 1 fully saturated rings. The first-order valence-electron chi connectivity index (χ1n) is 6.45. The summed E-state index contributed by atoms with van der Waals surface area (Å²) < 4.78 is 0. The third-order valence-electron chi connectivity index (χ3n) is 3.48. The number of anilines is 2. The van der Waals surface area contributed by atoms with Gasteiger partial charge in [-0.05, 0) is 37.7 Å². The van der Waals surface area contributed by atoms with Crippen molar-refractivity contribution >= 4 is 29.2 Å². The predicted octanol–water partition coefficient (Wildman–Crippen LogP) is 1.85. The Morgan fingerprint density at radius 2 is 2.26 bits per heavy atom. The van der Waals surface area contributed by atoms with Gasteiger partial charge >= 0.3 is 0 Å². The largest absolute Gasteiger partial charge is 0.396 e. The molecule has 2 atom stereocenters. The van der Waals surface area contributed by atoms with Crippen LogP contribution in [0.1, 0.15) is 36.2 Å². The van der Waals surface area contributed by atoms with Gasteiger partial charge in [-0.2, -0.15) is 11.8 Å². The summed E-state index contributed by atoms with van der Waals surface area (Å²) in [6.07, 6.45) is 6.83. The Morgan fingerprint density at radius 3 is 2.95 bits per heavy atom. The molecule has 1 aliphatic rings. The lowest BCUT2D eigenvalue weighted by Crippen LogP contribution is -2.29. The number of nitrogens with zero attached hydrogens (tertiary/aromatic N) is 1. The molecule has 0 aliphatic heterocycles. The molecular weight excluding hydrogens is 260 g/mol. The molecular formula is C13H20N4OS. The zero-order valence-corrected chi connectivity index (χ0v) is 11.9. The summed E-state index contributed by atoms with van der Waals surface area (Å²) in [5.74, 6) is 0.0386. The minimum atomic E-state index is -0.534. The summed E-state index contributed by atoms with van der Waals surface area (Å²) in [5.41, 5.74) is 11.9. The second kappa shape index (κ2) is 6.14. The highest BCUT2D eigenvalue weighted by molar-refractivity contribution is 7.99. The molecule has 0 spiro atoms. The van der Waals surface area contributed by atoms with Gasteiger partial charge in [0, 0.05) is 11.3 Å². The van der Waals surface area contributed by atoms with E-state index < -0.39 is 5.91 Å². The molecule has 0 radical (unpaired) electrons. The zero-order valence-electron chi connectivity index (χ0n) is 11.1. The van der Waals surface area contributed by atoms with Crippen molar-refractivity contribution in [3.63, 3.8) is 0 Å². The van der Waals surface area contributed by atoms with Crippen LogP contribution in [0.2, 0.25) is 0 Å². The topological polar surface area (TPSA) is 94.0 Å². The number of hydrogen-bond donors (Lipinski definition) is 3. The van der Waals surface area contributed by atoms with Crippen LogP contribution in [0.3, 0.4) is 0 Å². The van der Waals surface area contributed by atoms with E-state index in [1.165, 1.54) is 12.8 Å². The molecule has 6 heteroatoms. The normalized spacial score (nSPS) is 23.0. The van der Waals surface area contributed by atoms with E-state index in [2.05, 4.69) is 16.6 Å². The molecule has 1 aliphatic carbocycles. The molecule has 1 aromatic rings. The SMILES string of the molecule is CSC1CCCC(Nc2nc(C(N)=O)ccc2N)C1. The number of nitrogens with two attached hydrogens (primary N) is 2. The van der Waals surface area contributed by atoms with Crippen LogP contribution in [0.25, 0.3) is 0 Å². The maximum atomic E-state index is 11.1. The van der Waals surface area contributed by atoms with Crippen molar-refractivity contribution in [1.29, 1.82) is 0 Å².